The third-order valence-corrected chi connectivity index (χ3v) is 6.37. The Hall–Kier alpha value is -1.03. The van der Waals surface area contributed by atoms with Gasteiger partial charge in [0, 0.05) is 6.08 Å². The Kier molecular flexibility index (Phi) is 7.93. The third-order valence-electron chi connectivity index (χ3n) is 6.37. The predicted octanol–water partition coefficient (Wildman–Crippen LogP) is 6.82. The maximum Gasteiger partial charge on any atom is 0.0908 e. The summed E-state index contributed by atoms with van der Waals surface area (Å²) in [6, 6.07) is 2.08. The average Bonchev–Trinajstić information content (AvgIpc) is 2.60. The number of nitriles is 1. The lowest BCUT2D eigenvalue weighted by Crippen LogP contribution is -2.23. The zero-order chi connectivity index (χ0) is 16.5. The summed E-state index contributed by atoms with van der Waals surface area (Å²) < 4.78 is 0. The molecule has 2 aliphatic carbocycles. The highest BCUT2D eigenvalue weighted by Crippen LogP contribution is 2.42. The molecule has 0 unspecified atom stereocenters. The van der Waals surface area contributed by atoms with Crippen LogP contribution in [0.2, 0.25) is 0 Å². The Morgan fingerprint density at radius 1 is 0.957 bits per heavy atom. The fourth-order valence-corrected chi connectivity index (χ4v) is 4.85. The molecular formula is C22H35N. The molecule has 0 saturated heterocycles. The van der Waals surface area contributed by atoms with Gasteiger partial charge in [0.2, 0.25) is 0 Å². The molecule has 0 heterocycles. The fourth-order valence-electron chi connectivity index (χ4n) is 4.85. The van der Waals surface area contributed by atoms with E-state index in [0.29, 0.717) is 0 Å². The van der Waals surface area contributed by atoms with E-state index in [2.05, 4.69) is 19.6 Å². The van der Waals surface area contributed by atoms with Crippen LogP contribution in [-0.4, -0.2) is 0 Å². The van der Waals surface area contributed by atoms with Crippen LogP contribution in [-0.2, 0) is 0 Å². The van der Waals surface area contributed by atoms with Crippen molar-refractivity contribution in [3.63, 3.8) is 0 Å². The number of hydrogen-bond donors (Lipinski definition) is 0. The molecule has 2 rings (SSSR count). The van der Waals surface area contributed by atoms with Gasteiger partial charge in [0.15, 0.2) is 0 Å². The predicted molar refractivity (Wildman–Crippen MR) is 98.9 cm³/mol. The van der Waals surface area contributed by atoms with Gasteiger partial charge >= 0.3 is 0 Å². The van der Waals surface area contributed by atoms with Crippen molar-refractivity contribution in [2.45, 2.75) is 84.0 Å². The molecule has 0 amide bonds. The molecule has 0 aliphatic heterocycles. The van der Waals surface area contributed by atoms with E-state index in [4.69, 9.17) is 5.26 Å². The van der Waals surface area contributed by atoms with Crippen molar-refractivity contribution in [2.75, 3.05) is 0 Å². The van der Waals surface area contributed by atoms with E-state index in [1.807, 2.05) is 6.08 Å². The Balaban J connectivity index is 1.68. The normalized spacial score (nSPS) is 31.8. The lowest BCUT2D eigenvalue weighted by atomic mass is 9.70. The first-order valence-electron chi connectivity index (χ1n) is 9.97. The molecule has 0 aromatic rings. The second-order valence-corrected chi connectivity index (χ2v) is 7.91. The highest BCUT2D eigenvalue weighted by molar-refractivity contribution is 5.08. The number of rotatable bonds is 7. The van der Waals surface area contributed by atoms with Crippen LogP contribution in [0.5, 0.6) is 0 Å². The van der Waals surface area contributed by atoms with Crippen LogP contribution in [0.15, 0.2) is 24.3 Å². The summed E-state index contributed by atoms with van der Waals surface area (Å²) in [6.07, 6.45) is 19.9. The summed E-state index contributed by atoms with van der Waals surface area (Å²) in [5.74, 6) is 3.50. The van der Waals surface area contributed by atoms with Gasteiger partial charge in [-0.3, -0.25) is 0 Å². The molecule has 0 spiro atoms. The molecular weight excluding hydrogens is 278 g/mol. The van der Waals surface area contributed by atoms with Gasteiger partial charge in [-0.25, -0.2) is 0 Å². The zero-order valence-electron chi connectivity index (χ0n) is 15.1. The second-order valence-electron chi connectivity index (χ2n) is 7.91. The van der Waals surface area contributed by atoms with Gasteiger partial charge in [-0.15, -0.1) is 0 Å². The smallest absolute Gasteiger partial charge is 0.0908 e. The largest absolute Gasteiger partial charge is 0.193 e. The molecule has 1 heteroatoms. The summed E-state index contributed by atoms with van der Waals surface area (Å²) in [7, 11) is 0. The van der Waals surface area contributed by atoms with E-state index in [1.54, 1.807) is 11.6 Å². The van der Waals surface area contributed by atoms with Crippen molar-refractivity contribution < 1.29 is 0 Å². The Morgan fingerprint density at radius 2 is 1.48 bits per heavy atom. The molecule has 1 nitrogen and oxygen atoms in total. The van der Waals surface area contributed by atoms with Crippen LogP contribution in [0.3, 0.4) is 0 Å². The van der Waals surface area contributed by atoms with E-state index in [1.165, 1.54) is 70.6 Å². The topological polar surface area (TPSA) is 23.8 Å². The second kappa shape index (κ2) is 9.96. The molecule has 0 radical (unpaired) electrons. The van der Waals surface area contributed by atoms with E-state index in [9.17, 15) is 0 Å². The summed E-state index contributed by atoms with van der Waals surface area (Å²) in [6.45, 7) is 6.86. The molecule has 0 aromatic carbocycles. The molecule has 23 heavy (non-hydrogen) atoms. The quantitative estimate of drug-likeness (QED) is 0.374. The van der Waals surface area contributed by atoms with Gasteiger partial charge in [0.05, 0.1) is 6.07 Å². The SMILES string of the molecule is C=C(C1CCC(CCC)CC1)C1CCC(CC/C=C/C#N)CC1. The Morgan fingerprint density at radius 3 is 1.96 bits per heavy atom. The first kappa shape index (κ1) is 18.3. The summed E-state index contributed by atoms with van der Waals surface area (Å²) in [5, 5.41) is 8.52. The maximum atomic E-state index is 8.52. The van der Waals surface area contributed by atoms with Crippen LogP contribution in [0, 0.1) is 35.0 Å². The van der Waals surface area contributed by atoms with Crippen LogP contribution >= 0.6 is 0 Å². The summed E-state index contributed by atoms with van der Waals surface area (Å²) >= 11 is 0. The van der Waals surface area contributed by atoms with Crippen molar-refractivity contribution in [2.24, 2.45) is 23.7 Å². The number of nitrogens with zero attached hydrogens (tertiary/aromatic N) is 1. The molecule has 128 valence electrons. The summed E-state index contributed by atoms with van der Waals surface area (Å²) in [5.41, 5.74) is 1.60. The number of hydrogen-bond acceptors (Lipinski definition) is 1. The first-order valence-corrected chi connectivity index (χ1v) is 9.97. The number of allylic oxidation sites excluding steroid dienone is 3. The van der Waals surface area contributed by atoms with Crippen molar-refractivity contribution in [3.05, 3.63) is 24.3 Å². The maximum absolute atomic E-state index is 8.52. The minimum absolute atomic E-state index is 0.800. The van der Waals surface area contributed by atoms with E-state index in [0.717, 1.165) is 30.1 Å². The standard InChI is InChI=1S/C22H35N/c1-3-7-19-9-13-21(14-10-19)18(2)22-15-11-20(12-16-22)8-5-4-6-17-23/h4,6,19-22H,2-3,5,7-16H2,1H3/b6-4+. The lowest BCUT2D eigenvalue weighted by molar-refractivity contribution is 0.241. The Bertz CT molecular complexity index is 412. The van der Waals surface area contributed by atoms with E-state index in [-0.39, 0.29) is 0 Å². The zero-order valence-corrected chi connectivity index (χ0v) is 15.1. The molecule has 0 N–H and O–H groups in total. The van der Waals surface area contributed by atoms with Crippen LogP contribution < -0.4 is 0 Å². The average molecular weight is 314 g/mol. The third kappa shape index (κ3) is 5.83. The monoisotopic (exact) mass is 313 g/mol. The van der Waals surface area contributed by atoms with Crippen LogP contribution in [0.1, 0.15) is 84.0 Å². The Labute approximate surface area is 143 Å². The van der Waals surface area contributed by atoms with Crippen LogP contribution in [0.4, 0.5) is 0 Å². The van der Waals surface area contributed by atoms with Gasteiger partial charge in [0.1, 0.15) is 0 Å². The molecule has 0 atom stereocenters. The minimum Gasteiger partial charge on any atom is -0.193 e. The van der Waals surface area contributed by atoms with Crippen molar-refractivity contribution in [1.29, 1.82) is 5.26 Å². The fraction of sp³-hybridized carbons (Fsp3) is 0.773. The van der Waals surface area contributed by atoms with Gasteiger partial charge in [-0.05, 0) is 87.9 Å². The summed E-state index contributed by atoms with van der Waals surface area (Å²) in [4.78, 5) is 0. The van der Waals surface area contributed by atoms with Gasteiger partial charge in [-0.1, -0.05) is 38.0 Å². The highest BCUT2D eigenvalue weighted by Gasteiger charge is 2.29. The van der Waals surface area contributed by atoms with Crippen LogP contribution in [0.25, 0.3) is 0 Å². The van der Waals surface area contributed by atoms with Gasteiger partial charge in [-0.2, -0.15) is 5.26 Å². The molecule has 0 bridgehead atoms. The first-order chi connectivity index (χ1) is 11.2. The van der Waals surface area contributed by atoms with Crippen molar-refractivity contribution in [3.8, 4) is 6.07 Å². The van der Waals surface area contributed by atoms with E-state index < -0.39 is 0 Å². The highest BCUT2D eigenvalue weighted by atomic mass is 14.3. The molecule has 2 saturated carbocycles. The van der Waals surface area contributed by atoms with Crippen molar-refractivity contribution in [1.82, 2.24) is 0 Å². The molecule has 0 aromatic heterocycles. The van der Waals surface area contributed by atoms with E-state index >= 15 is 0 Å². The lowest BCUT2D eigenvalue weighted by Gasteiger charge is -2.36. The molecule has 2 aliphatic rings. The van der Waals surface area contributed by atoms with Gasteiger partial charge in [0.25, 0.3) is 0 Å². The molecule has 2 fully saturated rings. The minimum atomic E-state index is 0.800. The van der Waals surface area contributed by atoms with Gasteiger partial charge < -0.3 is 0 Å². The van der Waals surface area contributed by atoms with Crippen molar-refractivity contribution >= 4 is 0 Å².